The molecule has 0 radical (unpaired) electrons. The first-order chi connectivity index (χ1) is 12.5. The fourth-order valence-electron chi connectivity index (χ4n) is 2.96. The maximum Gasteiger partial charge on any atom is 0.259 e. The van der Waals surface area contributed by atoms with Gasteiger partial charge in [0.1, 0.15) is 11.4 Å². The number of rotatable bonds is 6. The number of hydrogen-bond donors (Lipinski definition) is 0. The van der Waals surface area contributed by atoms with Crippen LogP contribution in [0.25, 0.3) is 11.5 Å². The Labute approximate surface area is 152 Å². The lowest BCUT2D eigenvalue weighted by Crippen LogP contribution is -2.34. The third-order valence-electron chi connectivity index (χ3n) is 4.15. The summed E-state index contributed by atoms with van der Waals surface area (Å²) in [4.78, 5) is 14.9. The van der Waals surface area contributed by atoms with Crippen LogP contribution in [0.4, 0.5) is 4.39 Å². The van der Waals surface area contributed by atoms with Gasteiger partial charge in [-0.2, -0.15) is 5.10 Å². The maximum absolute atomic E-state index is 13.3. The molecule has 0 bridgehead atoms. The first-order valence-electron chi connectivity index (χ1n) is 8.77. The van der Waals surface area contributed by atoms with Crippen molar-refractivity contribution >= 4 is 5.91 Å². The Morgan fingerprint density at radius 2 is 1.85 bits per heavy atom. The monoisotopic (exact) mass is 354 g/mol. The zero-order valence-electron chi connectivity index (χ0n) is 15.3. The van der Waals surface area contributed by atoms with Crippen molar-refractivity contribution in [1.29, 1.82) is 0 Å². The minimum atomic E-state index is -0.311. The van der Waals surface area contributed by atoms with Gasteiger partial charge in [0.2, 0.25) is 0 Å². The van der Waals surface area contributed by atoms with Crippen LogP contribution in [0, 0.1) is 11.7 Å². The first-order valence-corrected chi connectivity index (χ1v) is 8.77. The van der Waals surface area contributed by atoms with Crippen molar-refractivity contribution in [1.82, 2.24) is 19.2 Å². The molecule has 1 amide bonds. The number of hydrogen-bond acceptors (Lipinski definition) is 2. The lowest BCUT2D eigenvalue weighted by molar-refractivity contribution is 0.0746. The van der Waals surface area contributed by atoms with E-state index in [2.05, 4.69) is 18.9 Å². The predicted molar refractivity (Wildman–Crippen MR) is 99.3 cm³/mol. The van der Waals surface area contributed by atoms with E-state index in [9.17, 15) is 9.18 Å². The summed E-state index contributed by atoms with van der Waals surface area (Å²) in [5.74, 6) is 0.655. The molecule has 0 aliphatic rings. The zero-order chi connectivity index (χ0) is 18.7. The van der Waals surface area contributed by atoms with Gasteiger partial charge in [0.25, 0.3) is 5.91 Å². The van der Waals surface area contributed by atoms with E-state index in [1.165, 1.54) is 12.1 Å². The van der Waals surface area contributed by atoms with Gasteiger partial charge in [-0.15, -0.1) is 0 Å². The van der Waals surface area contributed by atoms with E-state index in [-0.39, 0.29) is 11.7 Å². The van der Waals surface area contributed by atoms with Crippen molar-refractivity contribution in [2.45, 2.75) is 20.8 Å². The number of carbonyl (C=O) groups is 1. The van der Waals surface area contributed by atoms with E-state index in [4.69, 9.17) is 0 Å². The molecule has 0 atom stereocenters. The van der Waals surface area contributed by atoms with Gasteiger partial charge in [-0.3, -0.25) is 4.79 Å². The largest absolute Gasteiger partial charge is 0.339 e. The fourth-order valence-corrected chi connectivity index (χ4v) is 2.96. The van der Waals surface area contributed by atoms with Gasteiger partial charge in [-0.1, -0.05) is 13.8 Å². The molecule has 0 aliphatic carbocycles. The topological polar surface area (TPSA) is 43.1 Å². The van der Waals surface area contributed by atoms with Gasteiger partial charge < -0.3 is 9.47 Å². The van der Waals surface area contributed by atoms with E-state index >= 15 is 0 Å². The molecule has 136 valence electrons. The summed E-state index contributed by atoms with van der Waals surface area (Å²) >= 11 is 0. The Morgan fingerprint density at radius 1 is 1.19 bits per heavy atom. The van der Waals surface area contributed by atoms with Crippen molar-refractivity contribution in [2.75, 3.05) is 13.1 Å². The standard InChI is InChI=1S/C20H23FN4O/c1-4-23(14-15(2)3)20(26)18-13-22-25(17-9-7-16(21)8-10-17)19(18)24-11-5-6-12-24/h5-13,15H,4,14H2,1-3H3. The Kier molecular flexibility index (Phi) is 5.21. The minimum absolute atomic E-state index is 0.0572. The van der Waals surface area contributed by atoms with Gasteiger partial charge in [-0.05, 0) is 49.2 Å². The number of aromatic nitrogens is 3. The van der Waals surface area contributed by atoms with Crippen molar-refractivity contribution in [2.24, 2.45) is 5.92 Å². The number of nitrogens with zero attached hydrogens (tertiary/aromatic N) is 4. The summed E-state index contributed by atoms with van der Waals surface area (Å²) in [6.07, 6.45) is 5.32. The third kappa shape index (κ3) is 3.54. The van der Waals surface area contributed by atoms with Crippen LogP contribution in [-0.2, 0) is 0 Å². The van der Waals surface area contributed by atoms with Crippen LogP contribution in [0.5, 0.6) is 0 Å². The average Bonchev–Trinajstić information content (AvgIpc) is 3.28. The molecule has 0 saturated carbocycles. The second-order valence-electron chi connectivity index (χ2n) is 6.60. The van der Waals surface area contributed by atoms with E-state index in [0.29, 0.717) is 36.1 Å². The van der Waals surface area contributed by atoms with Gasteiger partial charge in [0.15, 0.2) is 5.82 Å². The quantitative estimate of drug-likeness (QED) is 0.673. The van der Waals surface area contributed by atoms with Crippen LogP contribution < -0.4 is 0 Å². The Bertz CT molecular complexity index is 866. The van der Waals surface area contributed by atoms with Crippen LogP contribution in [0.3, 0.4) is 0 Å². The van der Waals surface area contributed by atoms with Crippen LogP contribution in [0.1, 0.15) is 31.1 Å². The first kappa shape index (κ1) is 17.9. The normalized spacial score (nSPS) is 11.1. The van der Waals surface area contributed by atoms with E-state index in [1.54, 1.807) is 23.0 Å². The molecule has 1 aromatic carbocycles. The van der Waals surface area contributed by atoms with Crippen molar-refractivity contribution in [3.8, 4) is 11.5 Å². The number of halogens is 1. The molecule has 0 unspecified atom stereocenters. The Balaban J connectivity index is 2.09. The molecule has 0 N–H and O–H groups in total. The summed E-state index contributed by atoms with van der Waals surface area (Å²) in [7, 11) is 0. The number of benzene rings is 1. The predicted octanol–water partition coefficient (Wildman–Crippen LogP) is 3.92. The fraction of sp³-hybridized carbons (Fsp3) is 0.300. The van der Waals surface area contributed by atoms with Gasteiger partial charge in [-0.25, -0.2) is 9.07 Å². The SMILES string of the molecule is CCN(CC(C)C)C(=O)c1cnn(-c2ccc(F)cc2)c1-n1cccc1. The molecule has 26 heavy (non-hydrogen) atoms. The Hall–Kier alpha value is -2.89. The molecule has 0 saturated heterocycles. The second-order valence-corrected chi connectivity index (χ2v) is 6.60. The Morgan fingerprint density at radius 3 is 2.42 bits per heavy atom. The maximum atomic E-state index is 13.3. The van der Waals surface area contributed by atoms with E-state index in [1.807, 2.05) is 40.9 Å². The summed E-state index contributed by atoms with van der Waals surface area (Å²) < 4.78 is 16.8. The summed E-state index contributed by atoms with van der Waals surface area (Å²) in [6, 6.07) is 9.85. The molecule has 2 heterocycles. The highest BCUT2D eigenvalue weighted by Gasteiger charge is 2.24. The average molecular weight is 354 g/mol. The number of carbonyl (C=O) groups excluding carboxylic acids is 1. The number of amides is 1. The smallest absolute Gasteiger partial charge is 0.259 e. The summed E-state index contributed by atoms with van der Waals surface area (Å²) in [5.41, 5.74) is 1.22. The van der Waals surface area contributed by atoms with Crippen molar-refractivity contribution < 1.29 is 9.18 Å². The highest BCUT2D eigenvalue weighted by Crippen LogP contribution is 2.22. The highest BCUT2D eigenvalue weighted by atomic mass is 19.1. The summed E-state index contributed by atoms with van der Waals surface area (Å²) in [5, 5.41) is 4.41. The molecule has 0 aliphatic heterocycles. The van der Waals surface area contributed by atoms with Gasteiger partial charge in [0.05, 0.1) is 11.9 Å². The van der Waals surface area contributed by atoms with E-state index in [0.717, 1.165) is 0 Å². The van der Waals surface area contributed by atoms with E-state index < -0.39 is 0 Å². The molecular weight excluding hydrogens is 331 g/mol. The highest BCUT2D eigenvalue weighted by molar-refractivity contribution is 5.97. The molecule has 3 rings (SSSR count). The summed E-state index contributed by atoms with van der Waals surface area (Å²) in [6.45, 7) is 7.46. The van der Waals surface area contributed by atoms with Crippen molar-refractivity contribution in [3.05, 3.63) is 66.4 Å². The molecule has 0 spiro atoms. The minimum Gasteiger partial charge on any atom is -0.339 e. The van der Waals surface area contributed by atoms with Crippen molar-refractivity contribution in [3.63, 3.8) is 0 Å². The lowest BCUT2D eigenvalue weighted by atomic mass is 10.2. The molecular formula is C20H23FN4O. The van der Waals surface area contributed by atoms with Crippen LogP contribution in [0.2, 0.25) is 0 Å². The molecule has 0 fully saturated rings. The van der Waals surface area contributed by atoms with Gasteiger partial charge in [0, 0.05) is 25.5 Å². The van der Waals surface area contributed by atoms with Crippen LogP contribution in [-0.4, -0.2) is 38.2 Å². The molecule has 2 aromatic heterocycles. The molecule has 6 heteroatoms. The molecule has 3 aromatic rings. The zero-order valence-corrected chi connectivity index (χ0v) is 15.3. The second kappa shape index (κ2) is 7.56. The van der Waals surface area contributed by atoms with Gasteiger partial charge >= 0.3 is 0 Å². The van der Waals surface area contributed by atoms with Crippen LogP contribution >= 0.6 is 0 Å². The van der Waals surface area contributed by atoms with Crippen LogP contribution in [0.15, 0.2) is 55.0 Å². The third-order valence-corrected chi connectivity index (χ3v) is 4.15. The lowest BCUT2D eigenvalue weighted by Gasteiger charge is -2.23. The molecule has 5 nitrogen and oxygen atoms in total.